The van der Waals surface area contributed by atoms with Gasteiger partial charge in [0.05, 0.1) is 0 Å². The SMILES string of the molecule is O=C(O)N[C@H]1CC[C@@H](NC2CC(S)C2)C1. The zero-order chi connectivity index (χ0) is 10.8. The molecule has 2 aliphatic carbocycles. The molecule has 0 aromatic rings. The molecule has 0 aromatic heterocycles. The van der Waals surface area contributed by atoms with Gasteiger partial charge in [-0.3, -0.25) is 0 Å². The van der Waals surface area contributed by atoms with Crippen molar-refractivity contribution in [3.8, 4) is 0 Å². The van der Waals surface area contributed by atoms with Crippen molar-refractivity contribution in [1.82, 2.24) is 10.6 Å². The molecule has 2 atom stereocenters. The van der Waals surface area contributed by atoms with Crippen LogP contribution in [0, 0.1) is 0 Å². The van der Waals surface area contributed by atoms with Crippen molar-refractivity contribution in [2.24, 2.45) is 0 Å². The predicted molar refractivity (Wildman–Crippen MR) is 61.5 cm³/mol. The summed E-state index contributed by atoms with van der Waals surface area (Å²) in [5.74, 6) is 0. The number of carboxylic acid groups (broad SMARTS) is 1. The zero-order valence-corrected chi connectivity index (χ0v) is 9.54. The van der Waals surface area contributed by atoms with E-state index < -0.39 is 6.09 Å². The Balaban J connectivity index is 1.66. The maximum atomic E-state index is 10.5. The van der Waals surface area contributed by atoms with Gasteiger partial charge in [-0.25, -0.2) is 4.79 Å². The first-order valence-electron chi connectivity index (χ1n) is 5.57. The minimum absolute atomic E-state index is 0.145. The van der Waals surface area contributed by atoms with Crippen molar-refractivity contribution in [1.29, 1.82) is 0 Å². The Morgan fingerprint density at radius 3 is 2.40 bits per heavy atom. The highest BCUT2D eigenvalue weighted by atomic mass is 32.1. The highest BCUT2D eigenvalue weighted by molar-refractivity contribution is 7.81. The molecule has 0 aliphatic heterocycles. The fourth-order valence-electron chi connectivity index (χ4n) is 2.50. The Bertz CT molecular complexity index is 244. The Morgan fingerprint density at radius 2 is 1.80 bits per heavy atom. The lowest BCUT2D eigenvalue weighted by atomic mass is 9.91. The first kappa shape index (κ1) is 11.1. The molecular formula is C10H18N2O2S. The highest BCUT2D eigenvalue weighted by Gasteiger charge is 2.31. The molecule has 0 aromatic carbocycles. The molecule has 1 amide bonds. The molecule has 15 heavy (non-hydrogen) atoms. The second kappa shape index (κ2) is 4.61. The van der Waals surface area contributed by atoms with Gasteiger partial charge in [0.1, 0.15) is 0 Å². The van der Waals surface area contributed by atoms with Crippen LogP contribution in [0.2, 0.25) is 0 Å². The largest absolute Gasteiger partial charge is 0.465 e. The van der Waals surface area contributed by atoms with Crippen molar-refractivity contribution >= 4 is 18.7 Å². The van der Waals surface area contributed by atoms with Gasteiger partial charge in [-0.2, -0.15) is 12.6 Å². The van der Waals surface area contributed by atoms with Gasteiger partial charge in [0.15, 0.2) is 0 Å². The van der Waals surface area contributed by atoms with Crippen molar-refractivity contribution in [2.45, 2.75) is 55.5 Å². The first-order chi connectivity index (χ1) is 7.13. The third-order valence-electron chi connectivity index (χ3n) is 3.34. The number of hydrogen-bond donors (Lipinski definition) is 4. The maximum absolute atomic E-state index is 10.5. The van der Waals surface area contributed by atoms with Crippen LogP contribution in [-0.2, 0) is 0 Å². The predicted octanol–water partition coefficient (Wildman–Crippen LogP) is 1.23. The maximum Gasteiger partial charge on any atom is 0.404 e. The highest BCUT2D eigenvalue weighted by Crippen LogP contribution is 2.28. The fraction of sp³-hybridized carbons (Fsp3) is 0.900. The number of amides is 1. The summed E-state index contributed by atoms with van der Waals surface area (Å²) in [6.45, 7) is 0. The van der Waals surface area contributed by atoms with Crippen LogP contribution in [0.1, 0.15) is 32.1 Å². The molecule has 0 unspecified atom stereocenters. The van der Waals surface area contributed by atoms with E-state index in [9.17, 15) is 4.79 Å². The van der Waals surface area contributed by atoms with E-state index in [4.69, 9.17) is 5.11 Å². The van der Waals surface area contributed by atoms with Gasteiger partial charge in [-0.15, -0.1) is 0 Å². The van der Waals surface area contributed by atoms with Crippen molar-refractivity contribution in [2.75, 3.05) is 0 Å². The van der Waals surface area contributed by atoms with Crippen molar-refractivity contribution < 1.29 is 9.90 Å². The van der Waals surface area contributed by atoms with E-state index in [1.807, 2.05) is 0 Å². The van der Waals surface area contributed by atoms with Crippen molar-refractivity contribution in [3.05, 3.63) is 0 Å². The van der Waals surface area contributed by atoms with Crippen LogP contribution in [-0.4, -0.2) is 34.6 Å². The van der Waals surface area contributed by atoms with Crippen LogP contribution in [0.25, 0.3) is 0 Å². The van der Waals surface area contributed by atoms with Gasteiger partial charge in [0.2, 0.25) is 0 Å². The summed E-state index contributed by atoms with van der Waals surface area (Å²) in [6.07, 6.45) is 4.37. The summed E-state index contributed by atoms with van der Waals surface area (Å²) in [5.41, 5.74) is 0. The summed E-state index contributed by atoms with van der Waals surface area (Å²) in [7, 11) is 0. The smallest absolute Gasteiger partial charge is 0.404 e. The summed E-state index contributed by atoms with van der Waals surface area (Å²) in [4.78, 5) is 10.5. The molecule has 2 fully saturated rings. The van der Waals surface area contributed by atoms with Crippen LogP contribution < -0.4 is 10.6 Å². The second-order valence-corrected chi connectivity index (χ2v) is 5.38. The van der Waals surface area contributed by atoms with E-state index >= 15 is 0 Å². The van der Waals surface area contributed by atoms with E-state index in [0.29, 0.717) is 17.3 Å². The van der Waals surface area contributed by atoms with Gasteiger partial charge in [-0.05, 0) is 32.1 Å². The number of nitrogens with one attached hydrogen (secondary N) is 2. The lowest BCUT2D eigenvalue weighted by Gasteiger charge is -2.35. The van der Waals surface area contributed by atoms with Gasteiger partial charge >= 0.3 is 6.09 Å². The van der Waals surface area contributed by atoms with Gasteiger partial charge in [0, 0.05) is 23.4 Å². The topological polar surface area (TPSA) is 61.4 Å². The van der Waals surface area contributed by atoms with Crippen LogP contribution >= 0.6 is 12.6 Å². The summed E-state index contributed by atoms with van der Waals surface area (Å²) in [6, 6.07) is 1.25. The molecule has 86 valence electrons. The molecule has 2 saturated carbocycles. The van der Waals surface area contributed by atoms with E-state index in [2.05, 4.69) is 23.3 Å². The lowest BCUT2D eigenvalue weighted by Crippen LogP contribution is -2.46. The summed E-state index contributed by atoms with van der Waals surface area (Å²) in [5, 5.41) is 15.3. The van der Waals surface area contributed by atoms with Crippen LogP contribution in [0.15, 0.2) is 0 Å². The summed E-state index contributed by atoms with van der Waals surface area (Å²) >= 11 is 4.37. The number of hydrogen-bond acceptors (Lipinski definition) is 3. The van der Waals surface area contributed by atoms with Gasteiger partial charge in [0.25, 0.3) is 0 Å². The number of rotatable bonds is 3. The molecule has 0 saturated heterocycles. The molecule has 3 N–H and O–H groups in total. The molecular weight excluding hydrogens is 212 g/mol. The van der Waals surface area contributed by atoms with E-state index in [1.165, 1.54) is 0 Å². The Hall–Kier alpha value is -0.420. The molecule has 4 nitrogen and oxygen atoms in total. The quantitative estimate of drug-likeness (QED) is 0.551. The van der Waals surface area contributed by atoms with Gasteiger partial charge < -0.3 is 15.7 Å². The third-order valence-corrected chi connectivity index (χ3v) is 3.77. The number of thiol groups is 1. The Morgan fingerprint density at radius 1 is 1.13 bits per heavy atom. The Labute approximate surface area is 95.2 Å². The van der Waals surface area contributed by atoms with Crippen LogP contribution in [0.5, 0.6) is 0 Å². The first-order valence-corrected chi connectivity index (χ1v) is 6.08. The normalized spacial score (nSPS) is 39.8. The van der Waals surface area contributed by atoms with Crippen LogP contribution in [0.4, 0.5) is 4.79 Å². The van der Waals surface area contributed by atoms with Crippen LogP contribution in [0.3, 0.4) is 0 Å². The molecule has 2 rings (SSSR count). The van der Waals surface area contributed by atoms with E-state index in [1.54, 1.807) is 0 Å². The van der Waals surface area contributed by atoms with E-state index in [0.717, 1.165) is 32.1 Å². The lowest BCUT2D eigenvalue weighted by molar-refractivity contribution is 0.189. The molecule has 2 aliphatic rings. The minimum atomic E-state index is -0.903. The Kier molecular flexibility index (Phi) is 3.41. The standard InChI is InChI=1S/C10H18N2O2S/c13-10(14)12-7-2-1-6(3-7)11-8-4-9(15)5-8/h6-9,11-12,15H,1-5H2,(H,13,14)/t6-,7+,8?,9?/m1/s1. The minimum Gasteiger partial charge on any atom is -0.465 e. The molecule has 0 heterocycles. The fourth-order valence-corrected chi connectivity index (χ4v) is 3.00. The molecule has 0 radical (unpaired) electrons. The molecule has 0 spiro atoms. The summed E-state index contributed by atoms with van der Waals surface area (Å²) < 4.78 is 0. The number of carbonyl (C=O) groups is 1. The molecule has 5 heteroatoms. The average Bonchev–Trinajstić information content (AvgIpc) is 2.48. The second-order valence-electron chi connectivity index (χ2n) is 4.65. The van der Waals surface area contributed by atoms with Gasteiger partial charge in [-0.1, -0.05) is 0 Å². The average molecular weight is 230 g/mol. The monoisotopic (exact) mass is 230 g/mol. The van der Waals surface area contributed by atoms with E-state index in [-0.39, 0.29) is 6.04 Å². The molecule has 0 bridgehead atoms. The third kappa shape index (κ3) is 3.01. The van der Waals surface area contributed by atoms with Crippen molar-refractivity contribution in [3.63, 3.8) is 0 Å². The zero-order valence-electron chi connectivity index (χ0n) is 8.65.